The van der Waals surface area contributed by atoms with Gasteiger partial charge in [0.05, 0.1) is 17.8 Å². The Labute approximate surface area is 128 Å². The second kappa shape index (κ2) is 5.99. The quantitative estimate of drug-likeness (QED) is 0.873. The van der Waals surface area contributed by atoms with Crippen molar-refractivity contribution in [2.45, 2.75) is 20.4 Å². The standard InChI is InChI=1S/C15H19N3O2S/c1-11-12(2)20-14(16-11)9-17-4-6-18(7-5-17)15(19)13-3-8-21-10-13/h3,8,10H,4-7,9H2,1-2H3. The molecule has 112 valence electrons. The Morgan fingerprint density at radius 2 is 2.10 bits per heavy atom. The van der Waals surface area contributed by atoms with Gasteiger partial charge in [-0.1, -0.05) is 0 Å². The van der Waals surface area contributed by atoms with E-state index in [0.29, 0.717) is 0 Å². The highest BCUT2D eigenvalue weighted by atomic mass is 32.1. The van der Waals surface area contributed by atoms with Gasteiger partial charge in [0.1, 0.15) is 5.76 Å². The summed E-state index contributed by atoms with van der Waals surface area (Å²) >= 11 is 1.56. The number of oxazole rings is 1. The molecule has 1 saturated heterocycles. The van der Waals surface area contributed by atoms with Crippen molar-refractivity contribution in [2.75, 3.05) is 26.2 Å². The lowest BCUT2D eigenvalue weighted by molar-refractivity contribution is 0.0618. The lowest BCUT2D eigenvalue weighted by atomic mass is 10.2. The fraction of sp³-hybridized carbons (Fsp3) is 0.467. The minimum Gasteiger partial charge on any atom is -0.444 e. The van der Waals surface area contributed by atoms with Crippen LogP contribution in [0.1, 0.15) is 27.7 Å². The van der Waals surface area contributed by atoms with Crippen LogP contribution in [0, 0.1) is 13.8 Å². The number of hydrogen-bond donors (Lipinski definition) is 0. The van der Waals surface area contributed by atoms with Crippen LogP contribution in [0.4, 0.5) is 0 Å². The van der Waals surface area contributed by atoms with E-state index in [-0.39, 0.29) is 5.91 Å². The van der Waals surface area contributed by atoms with Crippen LogP contribution >= 0.6 is 11.3 Å². The highest BCUT2D eigenvalue weighted by molar-refractivity contribution is 7.08. The number of hydrogen-bond acceptors (Lipinski definition) is 5. The maximum Gasteiger partial charge on any atom is 0.254 e. The topological polar surface area (TPSA) is 49.6 Å². The third-order valence-corrected chi connectivity index (χ3v) is 4.54. The van der Waals surface area contributed by atoms with E-state index < -0.39 is 0 Å². The van der Waals surface area contributed by atoms with Crippen LogP contribution in [-0.4, -0.2) is 46.9 Å². The summed E-state index contributed by atoms with van der Waals surface area (Å²) in [6.07, 6.45) is 0. The maximum atomic E-state index is 12.3. The second-order valence-electron chi connectivity index (χ2n) is 5.33. The minimum atomic E-state index is 0.138. The fourth-order valence-corrected chi connectivity index (χ4v) is 3.11. The Morgan fingerprint density at radius 3 is 2.67 bits per heavy atom. The highest BCUT2D eigenvalue weighted by Crippen LogP contribution is 2.14. The number of amides is 1. The molecule has 0 saturated carbocycles. The molecule has 0 unspecified atom stereocenters. The van der Waals surface area contributed by atoms with Crippen LogP contribution in [-0.2, 0) is 6.54 Å². The zero-order chi connectivity index (χ0) is 14.8. The molecule has 1 aliphatic heterocycles. The molecule has 0 atom stereocenters. The first kappa shape index (κ1) is 14.3. The first-order chi connectivity index (χ1) is 10.1. The molecule has 2 aromatic heterocycles. The average Bonchev–Trinajstić information content (AvgIpc) is 3.10. The number of thiophene rings is 1. The van der Waals surface area contributed by atoms with E-state index in [1.54, 1.807) is 11.3 Å². The van der Waals surface area contributed by atoms with E-state index in [4.69, 9.17) is 4.42 Å². The summed E-state index contributed by atoms with van der Waals surface area (Å²) in [6, 6.07) is 1.89. The largest absolute Gasteiger partial charge is 0.444 e. The molecule has 1 fully saturated rings. The molecule has 1 amide bonds. The predicted molar refractivity (Wildman–Crippen MR) is 81.5 cm³/mol. The van der Waals surface area contributed by atoms with E-state index in [2.05, 4.69) is 9.88 Å². The Balaban J connectivity index is 1.54. The minimum absolute atomic E-state index is 0.138. The van der Waals surface area contributed by atoms with Crippen molar-refractivity contribution in [3.63, 3.8) is 0 Å². The molecule has 0 N–H and O–H groups in total. The summed E-state index contributed by atoms with van der Waals surface area (Å²) in [7, 11) is 0. The smallest absolute Gasteiger partial charge is 0.254 e. The van der Waals surface area contributed by atoms with Gasteiger partial charge in [-0.3, -0.25) is 9.69 Å². The van der Waals surface area contributed by atoms with Crippen LogP contribution < -0.4 is 0 Å². The predicted octanol–water partition coefficient (Wildman–Crippen LogP) is 2.31. The Kier molecular flexibility index (Phi) is 4.07. The van der Waals surface area contributed by atoms with E-state index in [0.717, 1.165) is 55.6 Å². The molecular weight excluding hydrogens is 286 g/mol. The van der Waals surface area contributed by atoms with Gasteiger partial charge in [0.15, 0.2) is 0 Å². The summed E-state index contributed by atoms with van der Waals surface area (Å²) in [6.45, 7) is 7.84. The summed E-state index contributed by atoms with van der Waals surface area (Å²) < 4.78 is 5.62. The first-order valence-electron chi connectivity index (χ1n) is 7.10. The zero-order valence-electron chi connectivity index (χ0n) is 12.3. The monoisotopic (exact) mass is 305 g/mol. The summed E-state index contributed by atoms with van der Waals surface area (Å²) in [5.74, 6) is 1.79. The molecule has 21 heavy (non-hydrogen) atoms. The Hall–Kier alpha value is -1.66. The van der Waals surface area contributed by atoms with Crippen molar-refractivity contribution in [3.05, 3.63) is 39.7 Å². The summed E-state index contributed by atoms with van der Waals surface area (Å²) in [5.41, 5.74) is 1.75. The molecule has 0 aliphatic carbocycles. The van der Waals surface area contributed by atoms with Gasteiger partial charge in [-0.2, -0.15) is 11.3 Å². The van der Waals surface area contributed by atoms with Crippen molar-refractivity contribution >= 4 is 17.2 Å². The Morgan fingerprint density at radius 1 is 1.33 bits per heavy atom. The molecule has 3 heterocycles. The van der Waals surface area contributed by atoms with E-state index >= 15 is 0 Å². The van der Waals surface area contributed by atoms with Gasteiger partial charge in [0.2, 0.25) is 5.89 Å². The number of aromatic nitrogens is 1. The van der Waals surface area contributed by atoms with Gasteiger partial charge < -0.3 is 9.32 Å². The van der Waals surface area contributed by atoms with E-state index in [1.165, 1.54) is 0 Å². The molecule has 6 heteroatoms. The van der Waals surface area contributed by atoms with Gasteiger partial charge >= 0.3 is 0 Å². The fourth-order valence-electron chi connectivity index (χ4n) is 2.48. The molecule has 0 spiro atoms. The summed E-state index contributed by atoms with van der Waals surface area (Å²) in [4.78, 5) is 20.9. The number of carbonyl (C=O) groups is 1. The molecule has 5 nitrogen and oxygen atoms in total. The molecule has 0 bridgehead atoms. The molecule has 3 rings (SSSR count). The van der Waals surface area contributed by atoms with Crippen molar-refractivity contribution in [1.29, 1.82) is 0 Å². The van der Waals surface area contributed by atoms with Crippen molar-refractivity contribution in [2.24, 2.45) is 0 Å². The molecule has 1 aliphatic rings. The van der Waals surface area contributed by atoms with Crippen LogP contribution in [0.3, 0.4) is 0 Å². The molecule has 0 radical (unpaired) electrons. The number of piperazine rings is 1. The molecule has 0 aromatic carbocycles. The van der Waals surface area contributed by atoms with Crippen molar-refractivity contribution in [3.8, 4) is 0 Å². The highest BCUT2D eigenvalue weighted by Gasteiger charge is 2.23. The van der Waals surface area contributed by atoms with Crippen LogP contribution in [0.25, 0.3) is 0 Å². The van der Waals surface area contributed by atoms with Gasteiger partial charge in [0.25, 0.3) is 5.91 Å². The lowest BCUT2D eigenvalue weighted by Gasteiger charge is -2.33. The van der Waals surface area contributed by atoms with Crippen LogP contribution in [0.2, 0.25) is 0 Å². The van der Waals surface area contributed by atoms with Crippen LogP contribution in [0.15, 0.2) is 21.2 Å². The molecular formula is C15H19N3O2S. The van der Waals surface area contributed by atoms with Crippen molar-refractivity contribution < 1.29 is 9.21 Å². The second-order valence-corrected chi connectivity index (χ2v) is 6.11. The van der Waals surface area contributed by atoms with Gasteiger partial charge in [-0.15, -0.1) is 0 Å². The number of aryl methyl sites for hydroxylation is 2. The first-order valence-corrected chi connectivity index (χ1v) is 8.04. The molecule has 2 aromatic rings. The van der Waals surface area contributed by atoms with Gasteiger partial charge in [-0.05, 0) is 25.3 Å². The number of nitrogens with zero attached hydrogens (tertiary/aromatic N) is 3. The lowest BCUT2D eigenvalue weighted by Crippen LogP contribution is -2.48. The maximum absolute atomic E-state index is 12.3. The normalized spacial score (nSPS) is 16.4. The Bertz CT molecular complexity index is 593. The third kappa shape index (κ3) is 3.16. The van der Waals surface area contributed by atoms with Gasteiger partial charge in [0, 0.05) is 31.6 Å². The van der Waals surface area contributed by atoms with E-state index in [9.17, 15) is 4.79 Å². The number of rotatable bonds is 3. The summed E-state index contributed by atoms with van der Waals surface area (Å²) in [5, 5.41) is 3.85. The van der Waals surface area contributed by atoms with Crippen LogP contribution in [0.5, 0.6) is 0 Å². The van der Waals surface area contributed by atoms with Gasteiger partial charge in [-0.25, -0.2) is 4.98 Å². The van der Waals surface area contributed by atoms with E-state index in [1.807, 2.05) is 35.6 Å². The number of carbonyl (C=O) groups excluding carboxylic acids is 1. The third-order valence-electron chi connectivity index (χ3n) is 3.86. The average molecular weight is 305 g/mol. The zero-order valence-corrected chi connectivity index (χ0v) is 13.2. The SMILES string of the molecule is Cc1nc(CN2CCN(C(=O)c3ccsc3)CC2)oc1C. The van der Waals surface area contributed by atoms with Crippen molar-refractivity contribution in [1.82, 2.24) is 14.8 Å².